The fourth-order valence-electron chi connectivity index (χ4n) is 4.12. The van der Waals surface area contributed by atoms with Crippen LogP contribution in [0.5, 0.6) is 0 Å². The molecule has 0 aliphatic carbocycles. The van der Waals surface area contributed by atoms with Gasteiger partial charge in [-0.25, -0.2) is 4.79 Å². The average Bonchev–Trinajstić information content (AvgIpc) is 2.54. The molecule has 0 saturated carbocycles. The molecule has 2 N–H and O–H groups in total. The minimum absolute atomic E-state index is 0.0502. The van der Waals surface area contributed by atoms with Gasteiger partial charge in [0.2, 0.25) is 0 Å². The minimum Gasteiger partial charge on any atom is -0.478 e. The molecule has 1 atom stereocenters. The van der Waals surface area contributed by atoms with Gasteiger partial charge in [0.1, 0.15) is 0 Å². The van der Waals surface area contributed by atoms with E-state index in [0.717, 1.165) is 31.6 Å². The average molecular weight is 331 g/mol. The van der Waals surface area contributed by atoms with Crippen molar-refractivity contribution in [3.8, 4) is 0 Å². The SMILES string of the molecule is CCc1nc2c(c(C)c1C(=O)O)C(=O)N(C1CCNCC1)C(C)C2. The van der Waals surface area contributed by atoms with Crippen molar-refractivity contribution in [2.75, 3.05) is 13.1 Å². The number of nitrogens with zero attached hydrogens (tertiary/aromatic N) is 2. The number of aromatic nitrogens is 1. The van der Waals surface area contributed by atoms with Gasteiger partial charge in [-0.3, -0.25) is 9.78 Å². The third kappa shape index (κ3) is 2.69. The predicted octanol–water partition coefficient (Wildman–Crippen LogP) is 1.79. The lowest BCUT2D eigenvalue weighted by molar-refractivity contribution is 0.0509. The number of carbonyl (C=O) groups excluding carboxylic acids is 1. The third-order valence-corrected chi connectivity index (χ3v) is 5.26. The molecule has 0 bridgehead atoms. The third-order valence-electron chi connectivity index (χ3n) is 5.26. The van der Waals surface area contributed by atoms with Gasteiger partial charge in [-0.05, 0) is 51.8 Å². The highest BCUT2D eigenvalue weighted by atomic mass is 16.4. The molecule has 1 aromatic rings. The standard InChI is InChI=1S/C18H25N3O3/c1-4-13-16(18(23)24)11(3)15-14(20-13)9-10(2)21(17(15)22)12-5-7-19-8-6-12/h10,12,19H,4-9H2,1-3H3,(H,23,24). The summed E-state index contributed by atoms with van der Waals surface area (Å²) in [5.74, 6) is -1.05. The van der Waals surface area contributed by atoms with Gasteiger partial charge in [0, 0.05) is 18.5 Å². The number of piperidine rings is 1. The van der Waals surface area contributed by atoms with Crippen LogP contribution in [0.25, 0.3) is 0 Å². The first-order valence-electron chi connectivity index (χ1n) is 8.74. The van der Waals surface area contributed by atoms with Crippen LogP contribution >= 0.6 is 0 Å². The van der Waals surface area contributed by atoms with Crippen molar-refractivity contribution >= 4 is 11.9 Å². The number of aromatic carboxylic acids is 1. The molecule has 24 heavy (non-hydrogen) atoms. The molecule has 1 amide bonds. The second-order valence-electron chi connectivity index (χ2n) is 6.79. The number of hydrogen-bond acceptors (Lipinski definition) is 4. The summed E-state index contributed by atoms with van der Waals surface area (Å²) in [7, 11) is 0. The van der Waals surface area contributed by atoms with Crippen LogP contribution < -0.4 is 5.32 Å². The van der Waals surface area contributed by atoms with Crippen molar-refractivity contribution in [1.29, 1.82) is 0 Å². The van der Waals surface area contributed by atoms with E-state index in [1.807, 2.05) is 11.8 Å². The van der Waals surface area contributed by atoms with E-state index in [-0.39, 0.29) is 23.6 Å². The zero-order valence-corrected chi connectivity index (χ0v) is 14.6. The Morgan fingerprint density at radius 3 is 2.62 bits per heavy atom. The van der Waals surface area contributed by atoms with Crippen LogP contribution in [0.15, 0.2) is 0 Å². The summed E-state index contributed by atoms with van der Waals surface area (Å²) >= 11 is 0. The summed E-state index contributed by atoms with van der Waals surface area (Å²) in [6.07, 6.45) is 3.13. The molecular weight excluding hydrogens is 306 g/mol. The number of hydrogen-bond donors (Lipinski definition) is 2. The Morgan fingerprint density at radius 2 is 2.04 bits per heavy atom. The van der Waals surface area contributed by atoms with Crippen molar-refractivity contribution in [1.82, 2.24) is 15.2 Å². The van der Waals surface area contributed by atoms with E-state index in [1.54, 1.807) is 6.92 Å². The number of nitrogens with one attached hydrogen (secondary N) is 1. The number of aryl methyl sites for hydroxylation is 1. The van der Waals surface area contributed by atoms with Gasteiger partial charge in [-0.15, -0.1) is 0 Å². The van der Waals surface area contributed by atoms with Crippen LogP contribution in [0.2, 0.25) is 0 Å². The summed E-state index contributed by atoms with van der Waals surface area (Å²) in [4.78, 5) is 31.4. The largest absolute Gasteiger partial charge is 0.478 e. The van der Waals surface area contributed by atoms with E-state index >= 15 is 0 Å². The van der Waals surface area contributed by atoms with E-state index in [4.69, 9.17) is 0 Å². The number of rotatable bonds is 3. The van der Waals surface area contributed by atoms with E-state index < -0.39 is 5.97 Å². The van der Waals surface area contributed by atoms with Gasteiger partial charge in [0.25, 0.3) is 5.91 Å². The Labute approximate surface area is 142 Å². The number of fused-ring (bicyclic) bond motifs is 1. The van der Waals surface area contributed by atoms with E-state index in [9.17, 15) is 14.7 Å². The number of pyridine rings is 1. The van der Waals surface area contributed by atoms with Crippen LogP contribution in [0.3, 0.4) is 0 Å². The fourth-order valence-corrected chi connectivity index (χ4v) is 4.12. The van der Waals surface area contributed by atoms with E-state index in [2.05, 4.69) is 17.2 Å². The Kier molecular flexibility index (Phi) is 4.58. The van der Waals surface area contributed by atoms with Crippen LogP contribution in [0, 0.1) is 6.92 Å². The Morgan fingerprint density at radius 1 is 1.38 bits per heavy atom. The quantitative estimate of drug-likeness (QED) is 0.882. The topological polar surface area (TPSA) is 82.5 Å². The molecule has 6 nitrogen and oxygen atoms in total. The molecule has 1 saturated heterocycles. The second kappa shape index (κ2) is 6.51. The van der Waals surface area contributed by atoms with Crippen molar-refractivity contribution in [2.45, 2.75) is 58.5 Å². The Bertz CT molecular complexity index is 681. The maximum atomic E-state index is 13.2. The molecule has 0 spiro atoms. The highest BCUT2D eigenvalue weighted by Crippen LogP contribution is 2.31. The minimum atomic E-state index is -1.00. The van der Waals surface area contributed by atoms with Gasteiger partial charge in [0.05, 0.1) is 22.5 Å². The number of carboxylic acid groups (broad SMARTS) is 1. The molecular formula is C18H25N3O3. The zero-order valence-electron chi connectivity index (χ0n) is 14.6. The van der Waals surface area contributed by atoms with Crippen LogP contribution in [-0.4, -0.2) is 52.0 Å². The molecule has 1 unspecified atom stereocenters. The summed E-state index contributed by atoms with van der Waals surface area (Å²) < 4.78 is 0. The first-order valence-corrected chi connectivity index (χ1v) is 8.74. The highest BCUT2D eigenvalue weighted by Gasteiger charge is 2.38. The van der Waals surface area contributed by atoms with Gasteiger partial charge in [0.15, 0.2) is 0 Å². The summed E-state index contributed by atoms with van der Waals surface area (Å²) in [6, 6.07) is 0.320. The molecule has 0 radical (unpaired) electrons. The van der Waals surface area contributed by atoms with Gasteiger partial charge in [-0.2, -0.15) is 0 Å². The van der Waals surface area contributed by atoms with Gasteiger partial charge < -0.3 is 15.3 Å². The summed E-state index contributed by atoms with van der Waals surface area (Å²) in [5.41, 5.74) is 2.62. The number of amides is 1. The van der Waals surface area contributed by atoms with E-state index in [0.29, 0.717) is 29.7 Å². The first kappa shape index (κ1) is 16.9. The molecule has 3 heterocycles. The van der Waals surface area contributed by atoms with Crippen molar-refractivity contribution in [3.63, 3.8) is 0 Å². The fraction of sp³-hybridized carbons (Fsp3) is 0.611. The smallest absolute Gasteiger partial charge is 0.337 e. The van der Waals surface area contributed by atoms with Gasteiger partial charge in [-0.1, -0.05) is 6.92 Å². The normalized spacial score (nSPS) is 21.7. The lowest BCUT2D eigenvalue weighted by Gasteiger charge is -2.42. The molecule has 1 fully saturated rings. The molecule has 3 rings (SSSR count). The zero-order chi connectivity index (χ0) is 17.4. The number of carboxylic acids is 1. The molecule has 1 aromatic heterocycles. The van der Waals surface area contributed by atoms with Crippen molar-refractivity contribution in [3.05, 3.63) is 28.1 Å². The number of carbonyl (C=O) groups is 2. The second-order valence-corrected chi connectivity index (χ2v) is 6.79. The van der Waals surface area contributed by atoms with Crippen LogP contribution in [0.1, 0.15) is 64.4 Å². The molecule has 0 aromatic carbocycles. The monoisotopic (exact) mass is 331 g/mol. The van der Waals surface area contributed by atoms with Crippen LogP contribution in [0.4, 0.5) is 0 Å². The highest BCUT2D eigenvalue weighted by molar-refractivity contribution is 6.02. The summed E-state index contributed by atoms with van der Waals surface area (Å²) in [6.45, 7) is 7.55. The molecule has 6 heteroatoms. The van der Waals surface area contributed by atoms with Crippen LogP contribution in [-0.2, 0) is 12.8 Å². The van der Waals surface area contributed by atoms with Crippen molar-refractivity contribution < 1.29 is 14.7 Å². The molecule has 2 aliphatic heterocycles. The molecule has 130 valence electrons. The maximum Gasteiger partial charge on any atom is 0.337 e. The predicted molar refractivity (Wildman–Crippen MR) is 90.5 cm³/mol. The lowest BCUT2D eigenvalue weighted by Crippen LogP contribution is -2.53. The Balaban J connectivity index is 2.08. The van der Waals surface area contributed by atoms with E-state index in [1.165, 1.54) is 0 Å². The molecule has 2 aliphatic rings. The Hall–Kier alpha value is -1.95. The maximum absolute atomic E-state index is 13.2. The first-order chi connectivity index (χ1) is 11.5. The van der Waals surface area contributed by atoms with Gasteiger partial charge >= 0.3 is 5.97 Å². The summed E-state index contributed by atoms with van der Waals surface area (Å²) in [5, 5.41) is 12.9. The van der Waals surface area contributed by atoms with Crippen molar-refractivity contribution in [2.24, 2.45) is 0 Å². The lowest BCUT2D eigenvalue weighted by atomic mass is 9.89.